The van der Waals surface area contributed by atoms with Crippen molar-refractivity contribution in [3.05, 3.63) is 30.3 Å². The second-order valence-electron chi connectivity index (χ2n) is 1.31. The molecule has 1 aromatic carbocycles. The molecule has 0 bridgehead atoms. The van der Waals surface area contributed by atoms with Gasteiger partial charge in [0.1, 0.15) is 0 Å². The molecule has 0 N–H and O–H groups in total. The number of rotatable bonds is 0. The molecule has 1 aromatic rings. The van der Waals surface area contributed by atoms with Gasteiger partial charge in [-0.15, -0.1) is 0 Å². The van der Waals surface area contributed by atoms with Crippen molar-refractivity contribution >= 4 is 43.5 Å². The Balaban J connectivity index is 0. The van der Waals surface area contributed by atoms with Gasteiger partial charge in [-0.2, -0.15) is 0 Å². The van der Waals surface area contributed by atoms with E-state index in [9.17, 15) is 0 Å². The summed E-state index contributed by atoms with van der Waals surface area (Å²) in [5.41, 5.74) is 0. The summed E-state index contributed by atoms with van der Waals surface area (Å²) in [6.45, 7) is 0. The van der Waals surface area contributed by atoms with E-state index in [2.05, 4.69) is 16.0 Å². The zero-order valence-electron chi connectivity index (χ0n) is 4.88. The monoisotopic (exact) mass is 216 g/mol. The van der Waals surface area contributed by atoms with Gasteiger partial charge in [0.05, 0.1) is 0 Å². The Bertz CT molecular complexity index is 143. The van der Waals surface area contributed by atoms with E-state index in [0.717, 1.165) is 0 Å². The average molecular weight is 216 g/mol. The van der Waals surface area contributed by atoms with Gasteiger partial charge in [0.15, 0.2) is 0 Å². The number of halogens is 1. The van der Waals surface area contributed by atoms with Crippen molar-refractivity contribution in [3.63, 3.8) is 0 Å². The fourth-order valence-corrected chi connectivity index (χ4v) is 0.750. The molecular weight excluding hydrogens is 211 g/mol. The van der Waals surface area contributed by atoms with E-state index in [1.807, 2.05) is 30.3 Å². The van der Waals surface area contributed by atoms with E-state index in [4.69, 9.17) is 0 Å². The first-order valence-corrected chi connectivity index (χ1v) is 2.97. The summed E-state index contributed by atoms with van der Waals surface area (Å²) in [6, 6.07) is 10.1. The molecule has 0 aliphatic rings. The molecule has 0 atom stereocenters. The standard InChI is InChI=1S/C6H6Se.ClH.Mg/c7-6-4-2-1-3-5-6;;/h1-5,7H;1H;/q;;+2/p-2. The molecule has 0 aliphatic heterocycles. The minimum atomic E-state index is 0. The predicted molar refractivity (Wildman–Crippen MR) is 37.6 cm³/mol. The van der Waals surface area contributed by atoms with Gasteiger partial charge in [-0.25, -0.2) is 0 Å². The average Bonchev–Trinajstić information content (AvgIpc) is 1.69. The molecule has 3 heteroatoms. The number of hydrogen-bond acceptors (Lipinski definition) is 0. The summed E-state index contributed by atoms with van der Waals surface area (Å²) in [6.07, 6.45) is 0. The molecule has 0 radical (unpaired) electrons. The van der Waals surface area contributed by atoms with Crippen molar-refractivity contribution in [1.82, 2.24) is 0 Å². The third-order valence-electron chi connectivity index (χ3n) is 0.743. The van der Waals surface area contributed by atoms with E-state index in [-0.39, 0.29) is 35.5 Å². The predicted octanol–water partition coefficient (Wildman–Crippen LogP) is -2.90. The third kappa shape index (κ3) is 5.25. The summed E-state index contributed by atoms with van der Waals surface area (Å²) in [4.78, 5) is 0. The molecule has 0 saturated heterocycles. The molecule has 0 amide bonds. The van der Waals surface area contributed by atoms with E-state index in [1.54, 1.807) is 0 Å². The van der Waals surface area contributed by atoms with Crippen LogP contribution in [0, 0.1) is 0 Å². The van der Waals surface area contributed by atoms with Gasteiger partial charge in [0, 0.05) is 0 Å². The van der Waals surface area contributed by atoms with E-state index in [1.165, 1.54) is 4.46 Å². The number of benzene rings is 1. The van der Waals surface area contributed by atoms with E-state index in [0.29, 0.717) is 0 Å². The van der Waals surface area contributed by atoms with Crippen molar-refractivity contribution < 1.29 is 12.4 Å². The van der Waals surface area contributed by atoms with Crippen molar-refractivity contribution in [2.75, 3.05) is 0 Å². The van der Waals surface area contributed by atoms with Crippen LogP contribution in [0.3, 0.4) is 0 Å². The van der Waals surface area contributed by atoms with Crippen LogP contribution >= 0.6 is 0 Å². The second-order valence-corrected chi connectivity index (χ2v) is 2.30. The molecule has 0 spiro atoms. The Morgan fingerprint density at radius 1 is 1.00 bits per heavy atom. The SMILES string of the molecule is [Cl-].[Mg+2].[Se-]c1ccccc1. The Kier molecular flexibility index (Phi) is 9.57. The van der Waals surface area contributed by atoms with Crippen LogP contribution in [0.5, 0.6) is 0 Å². The van der Waals surface area contributed by atoms with Crippen molar-refractivity contribution in [1.29, 1.82) is 0 Å². The minimum absolute atomic E-state index is 0. The van der Waals surface area contributed by atoms with Gasteiger partial charge in [-0.3, -0.25) is 0 Å². The van der Waals surface area contributed by atoms with Crippen LogP contribution in [0.1, 0.15) is 0 Å². The molecule has 0 aliphatic carbocycles. The molecule has 0 unspecified atom stereocenters. The van der Waals surface area contributed by atoms with Gasteiger partial charge in [0.25, 0.3) is 0 Å². The molecule has 0 saturated carbocycles. The van der Waals surface area contributed by atoms with Crippen molar-refractivity contribution in [2.45, 2.75) is 0 Å². The van der Waals surface area contributed by atoms with Crippen LogP contribution in [-0.2, 0) is 0 Å². The molecule has 9 heavy (non-hydrogen) atoms. The van der Waals surface area contributed by atoms with Crippen LogP contribution in [0.2, 0.25) is 0 Å². The molecule has 44 valence electrons. The molecule has 0 nitrogen and oxygen atoms in total. The summed E-state index contributed by atoms with van der Waals surface area (Å²) < 4.78 is 1.20. The molecular formula is C6H5ClMgSe. The van der Waals surface area contributed by atoms with Gasteiger partial charge in [-0.1, -0.05) is 0 Å². The first-order valence-electron chi connectivity index (χ1n) is 2.11. The summed E-state index contributed by atoms with van der Waals surface area (Å²) in [5, 5.41) is 0. The van der Waals surface area contributed by atoms with Crippen LogP contribution in [0.4, 0.5) is 0 Å². The number of hydrogen-bond donors (Lipinski definition) is 0. The van der Waals surface area contributed by atoms with E-state index >= 15 is 0 Å². The summed E-state index contributed by atoms with van der Waals surface area (Å²) >= 11 is 2.90. The maximum atomic E-state index is 2.90. The Labute approximate surface area is 85.8 Å². The van der Waals surface area contributed by atoms with Gasteiger partial charge < -0.3 is 12.4 Å². The van der Waals surface area contributed by atoms with E-state index < -0.39 is 0 Å². The zero-order valence-corrected chi connectivity index (χ0v) is 8.76. The Morgan fingerprint density at radius 2 is 1.44 bits per heavy atom. The molecule has 0 aromatic heterocycles. The van der Waals surface area contributed by atoms with Crippen LogP contribution in [0.15, 0.2) is 30.3 Å². The van der Waals surface area contributed by atoms with Gasteiger partial charge in [0.2, 0.25) is 0 Å². The summed E-state index contributed by atoms with van der Waals surface area (Å²) in [5.74, 6) is 0. The van der Waals surface area contributed by atoms with Gasteiger partial charge >= 0.3 is 73.9 Å². The molecule has 0 heterocycles. The van der Waals surface area contributed by atoms with Crippen molar-refractivity contribution in [3.8, 4) is 0 Å². The zero-order chi connectivity index (χ0) is 5.11. The molecule has 0 fully saturated rings. The maximum absolute atomic E-state index is 2.90. The Morgan fingerprint density at radius 3 is 1.67 bits per heavy atom. The molecule has 1 rings (SSSR count). The first-order chi connectivity index (χ1) is 3.39. The normalized spacial score (nSPS) is 6.67. The second kappa shape index (κ2) is 6.91. The fraction of sp³-hybridized carbons (Fsp3) is 0. The fourth-order valence-electron chi connectivity index (χ4n) is 0.420. The van der Waals surface area contributed by atoms with Crippen LogP contribution < -0.4 is 16.9 Å². The quantitative estimate of drug-likeness (QED) is 0.408. The van der Waals surface area contributed by atoms with Crippen LogP contribution in [0.25, 0.3) is 0 Å². The van der Waals surface area contributed by atoms with Crippen molar-refractivity contribution in [2.24, 2.45) is 0 Å². The summed E-state index contributed by atoms with van der Waals surface area (Å²) in [7, 11) is 0. The van der Waals surface area contributed by atoms with Gasteiger partial charge in [-0.05, 0) is 0 Å². The third-order valence-corrected chi connectivity index (χ3v) is 1.31. The first kappa shape index (κ1) is 12.5. The Hall–Kier alpha value is 0.796. The topological polar surface area (TPSA) is 0 Å². The van der Waals surface area contributed by atoms with Crippen LogP contribution in [-0.4, -0.2) is 39.1 Å².